The van der Waals surface area contributed by atoms with Crippen molar-refractivity contribution in [2.45, 2.75) is 75.7 Å². The van der Waals surface area contributed by atoms with E-state index in [9.17, 15) is 29.4 Å². The van der Waals surface area contributed by atoms with Gasteiger partial charge in [-0.2, -0.15) is 0 Å². The summed E-state index contributed by atoms with van der Waals surface area (Å²) in [5.41, 5.74) is 26.8. The van der Waals surface area contributed by atoms with E-state index in [0.717, 1.165) is 0 Å². The monoisotopic (exact) mass is 528 g/mol. The maximum atomic E-state index is 13.4. The third-order valence-corrected chi connectivity index (χ3v) is 5.78. The summed E-state index contributed by atoms with van der Waals surface area (Å²) in [5.74, 6) is -3.36. The molecule has 0 aromatic heterocycles. The van der Waals surface area contributed by atoms with Crippen molar-refractivity contribution in [1.29, 1.82) is 0 Å². The first-order valence-electron chi connectivity index (χ1n) is 12.0. The zero-order valence-corrected chi connectivity index (χ0v) is 21.0. The summed E-state index contributed by atoms with van der Waals surface area (Å²) in [4.78, 5) is 59.4. The van der Waals surface area contributed by atoms with Gasteiger partial charge >= 0.3 is 5.97 Å². The molecule has 0 aromatic rings. The molecule has 0 aromatic carbocycles. The van der Waals surface area contributed by atoms with Crippen molar-refractivity contribution in [3.63, 3.8) is 0 Å². The number of guanidine groups is 2. The van der Waals surface area contributed by atoms with Gasteiger partial charge in [-0.25, -0.2) is 4.79 Å². The van der Waals surface area contributed by atoms with Gasteiger partial charge in [0.2, 0.25) is 17.7 Å². The molecule has 0 radical (unpaired) electrons. The average molecular weight is 529 g/mol. The van der Waals surface area contributed by atoms with Crippen LogP contribution in [0.5, 0.6) is 0 Å². The van der Waals surface area contributed by atoms with Crippen LogP contribution in [0.25, 0.3) is 0 Å². The third-order valence-electron chi connectivity index (χ3n) is 5.78. The number of aliphatic carboxylic acids is 1. The SMILES string of the molecule is C[C@@H](O)[C@H](N)C(=O)N[C@@H](CCCN=C(N)N)C(=O)N1CCC[C@H]1C(=O)N[C@@H](CCCN=C(N)N)C(=O)O. The van der Waals surface area contributed by atoms with Crippen LogP contribution in [0.15, 0.2) is 9.98 Å². The second-order valence-electron chi connectivity index (χ2n) is 8.81. The number of amides is 3. The molecule has 0 unspecified atom stereocenters. The van der Waals surface area contributed by atoms with E-state index in [1.54, 1.807) is 0 Å². The lowest BCUT2D eigenvalue weighted by Gasteiger charge is -2.30. The molecule has 16 nitrogen and oxygen atoms in total. The van der Waals surface area contributed by atoms with Crippen LogP contribution in [0.3, 0.4) is 0 Å². The lowest BCUT2D eigenvalue weighted by atomic mass is 10.1. The molecule has 5 atom stereocenters. The highest BCUT2D eigenvalue weighted by Crippen LogP contribution is 2.20. The number of hydrogen-bond acceptors (Lipinski definition) is 8. The van der Waals surface area contributed by atoms with Gasteiger partial charge < -0.3 is 54.4 Å². The first-order chi connectivity index (χ1) is 17.3. The Morgan fingerprint density at radius 3 is 2.00 bits per heavy atom. The van der Waals surface area contributed by atoms with Crippen LogP contribution in [0.2, 0.25) is 0 Å². The van der Waals surface area contributed by atoms with E-state index < -0.39 is 54.0 Å². The van der Waals surface area contributed by atoms with Crippen molar-refractivity contribution in [2.24, 2.45) is 38.7 Å². The van der Waals surface area contributed by atoms with Gasteiger partial charge in [-0.1, -0.05) is 0 Å². The van der Waals surface area contributed by atoms with E-state index in [4.69, 9.17) is 28.7 Å². The smallest absolute Gasteiger partial charge is 0.326 e. The fourth-order valence-electron chi connectivity index (χ4n) is 3.78. The minimum Gasteiger partial charge on any atom is -0.480 e. The number of carboxylic acid groups (broad SMARTS) is 1. The normalized spacial score (nSPS) is 18.1. The molecule has 1 aliphatic heterocycles. The Bertz CT molecular complexity index is 857. The lowest BCUT2D eigenvalue weighted by Crippen LogP contribution is -2.57. The molecule has 210 valence electrons. The van der Waals surface area contributed by atoms with E-state index in [2.05, 4.69) is 20.6 Å². The summed E-state index contributed by atoms with van der Waals surface area (Å²) in [5, 5.41) is 24.2. The number of nitrogens with one attached hydrogen (secondary N) is 2. The van der Waals surface area contributed by atoms with Gasteiger partial charge in [0.05, 0.1) is 6.10 Å². The van der Waals surface area contributed by atoms with Crippen LogP contribution in [0.4, 0.5) is 0 Å². The zero-order chi connectivity index (χ0) is 28.1. The Kier molecular flexibility index (Phi) is 13.1. The molecule has 37 heavy (non-hydrogen) atoms. The largest absolute Gasteiger partial charge is 0.480 e. The van der Waals surface area contributed by atoms with Crippen molar-refractivity contribution < 1.29 is 29.4 Å². The van der Waals surface area contributed by atoms with Crippen molar-refractivity contribution in [3.05, 3.63) is 0 Å². The van der Waals surface area contributed by atoms with Crippen LogP contribution >= 0.6 is 0 Å². The number of nitrogens with two attached hydrogens (primary N) is 5. The molecule has 14 N–H and O–H groups in total. The van der Waals surface area contributed by atoms with Crippen molar-refractivity contribution in [1.82, 2.24) is 15.5 Å². The van der Waals surface area contributed by atoms with E-state index >= 15 is 0 Å². The fourth-order valence-corrected chi connectivity index (χ4v) is 3.78. The van der Waals surface area contributed by atoms with Crippen LogP contribution in [0.1, 0.15) is 45.4 Å². The van der Waals surface area contributed by atoms with Gasteiger partial charge in [0.25, 0.3) is 0 Å². The number of hydrogen-bond donors (Lipinski definition) is 9. The maximum Gasteiger partial charge on any atom is 0.326 e. The number of aliphatic hydroxyl groups is 1. The summed E-state index contributed by atoms with van der Waals surface area (Å²) >= 11 is 0. The van der Waals surface area contributed by atoms with Crippen molar-refractivity contribution in [3.8, 4) is 0 Å². The molecule has 1 aliphatic rings. The summed E-state index contributed by atoms with van der Waals surface area (Å²) in [7, 11) is 0. The van der Waals surface area contributed by atoms with Crippen molar-refractivity contribution >= 4 is 35.6 Å². The second kappa shape index (κ2) is 15.5. The molecule has 0 bridgehead atoms. The Morgan fingerprint density at radius 2 is 1.51 bits per heavy atom. The highest BCUT2D eigenvalue weighted by molar-refractivity contribution is 5.94. The van der Waals surface area contributed by atoms with Crippen LogP contribution in [-0.4, -0.2) is 101 Å². The van der Waals surface area contributed by atoms with Crippen molar-refractivity contribution in [2.75, 3.05) is 19.6 Å². The van der Waals surface area contributed by atoms with Crippen LogP contribution < -0.4 is 39.3 Å². The molecule has 0 aliphatic carbocycles. The standard InChI is InChI=1S/C21H40N10O6/c1-11(32)15(22)17(34)29-12(5-2-8-27-20(23)24)18(35)31-10-4-7-14(31)16(33)30-13(19(36)37)6-3-9-28-21(25)26/h11-15,32H,2-10,22H2,1H3,(H,29,34)(H,30,33)(H,36,37)(H4,23,24,27)(H4,25,26,28)/t11-,12+,13+,14+,15+/m1/s1. The number of rotatable bonds is 15. The number of likely N-dealkylation sites (tertiary alicyclic amines) is 1. The minimum atomic E-state index is -1.26. The zero-order valence-electron chi connectivity index (χ0n) is 21.0. The molecule has 0 spiro atoms. The molecule has 3 amide bonds. The predicted octanol–water partition coefficient (Wildman–Crippen LogP) is -4.15. The number of aliphatic hydroxyl groups excluding tert-OH is 1. The Morgan fingerprint density at radius 1 is 0.973 bits per heavy atom. The highest BCUT2D eigenvalue weighted by Gasteiger charge is 2.39. The summed E-state index contributed by atoms with van der Waals surface area (Å²) in [6.07, 6.45) is 0.548. The number of carbonyl (C=O) groups is 4. The number of carboxylic acids is 1. The number of carbonyl (C=O) groups excluding carboxylic acids is 3. The molecule has 1 fully saturated rings. The first-order valence-corrected chi connectivity index (χ1v) is 12.0. The van der Waals surface area contributed by atoms with Gasteiger partial charge in [0.15, 0.2) is 11.9 Å². The molecular formula is C21H40N10O6. The van der Waals surface area contributed by atoms with E-state index in [0.29, 0.717) is 25.7 Å². The van der Waals surface area contributed by atoms with Gasteiger partial charge in [-0.15, -0.1) is 0 Å². The van der Waals surface area contributed by atoms with E-state index in [-0.39, 0.29) is 44.4 Å². The van der Waals surface area contributed by atoms with Gasteiger partial charge in [-0.3, -0.25) is 24.4 Å². The Balaban J connectivity index is 2.94. The van der Waals surface area contributed by atoms with Gasteiger partial charge in [-0.05, 0) is 45.4 Å². The Labute approximate surface area is 215 Å². The van der Waals surface area contributed by atoms with Crippen LogP contribution in [-0.2, 0) is 19.2 Å². The van der Waals surface area contributed by atoms with E-state index in [1.807, 2.05) is 0 Å². The average Bonchev–Trinajstić information content (AvgIpc) is 3.31. The van der Waals surface area contributed by atoms with Gasteiger partial charge in [0, 0.05) is 19.6 Å². The minimum absolute atomic E-state index is 0.0826. The number of nitrogens with zero attached hydrogens (tertiary/aromatic N) is 3. The molecule has 16 heteroatoms. The number of aliphatic imine (C=N–C) groups is 2. The third kappa shape index (κ3) is 10.9. The Hall–Kier alpha value is -3.66. The topological polar surface area (TPSA) is 291 Å². The summed E-state index contributed by atoms with van der Waals surface area (Å²) in [6.45, 7) is 1.99. The van der Waals surface area contributed by atoms with Crippen LogP contribution in [0, 0.1) is 0 Å². The molecule has 1 rings (SSSR count). The fraction of sp³-hybridized carbons (Fsp3) is 0.714. The highest BCUT2D eigenvalue weighted by atomic mass is 16.4. The maximum absolute atomic E-state index is 13.4. The summed E-state index contributed by atoms with van der Waals surface area (Å²) in [6, 6.07) is -4.44. The second-order valence-corrected chi connectivity index (χ2v) is 8.81. The predicted molar refractivity (Wildman–Crippen MR) is 136 cm³/mol. The molecule has 0 saturated carbocycles. The molecule has 1 heterocycles. The molecular weight excluding hydrogens is 488 g/mol. The summed E-state index contributed by atoms with van der Waals surface area (Å²) < 4.78 is 0. The lowest BCUT2D eigenvalue weighted by molar-refractivity contribution is -0.145. The van der Waals surface area contributed by atoms with Gasteiger partial charge in [0.1, 0.15) is 24.2 Å². The quantitative estimate of drug-likeness (QED) is 0.0558. The van der Waals surface area contributed by atoms with E-state index in [1.165, 1.54) is 11.8 Å². The first kappa shape index (κ1) is 31.4. The molecule has 1 saturated heterocycles.